The molecule has 0 N–H and O–H groups in total. The number of hydrogen-bond acceptors (Lipinski definition) is 0. The average Bonchev–Trinajstić information content (AvgIpc) is 1.83. The summed E-state index contributed by atoms with van der Waals surface area (Å²) in [5, 5.41) is 0. The fourth-order valence-corrected chi connectivity index (χ4v) is 0.809. The van der Waals surface area contributed by atoms with Crippen molar-refractivity contribution in [3.05, 3.63) is 0 Å². The van der Waals surface area contributed by atoms with Crippen LogP contribution in [0.3, 0.4) is 0 Å². The molecule has 0 aromatic heterocycles. The summed E-state index contributed by atoms with van der Waals surface area (Å²) < 4.78 is 71.3. The van der Waals surface area contributed by atoms with Crippen LogP contribution in [0.1, 0.15) is 26.2 Å². The zero-order valence-electron chi connectivity index (χ0n) is 6.97. The summed E-state index contributed by atoms with van der Waals surface area (Å²) in [5.41, 5.74) is 0. The summed E-state index contributed by atoms with van der Waals surface area (Å²) in [4.78, 5) is 0. The van der Waals surface area contributed by atoms with Crippen molar-refractivity contribution in [2.75, 3.05) is 0 Å². The van der Waals surface area contributed by atoms with Crippen LogP contribution in [0.2, 0.25) is 0 Å². The van der Waals surface area contributed by atoms with Crippen molar-refractivity contribution < 1.29 is 26.3 Å². The lowest BCUT2D eigenvalue weighted by Crippen LogP contribution is -2.38. The molecule has 0 radical (unpaired) electrons. The molecule has 80 valence electrons. The summed E-state index contributed by atoms with van der Waals surface area (Å²) in [5.74, 6) is -4.92. The Bertz CT molecular complexity index is 150. The zero-order chi connectivity index (χ0) is 10.7. The topological polar surface area (TPSA) is 0 Å². The van der Waals surface area contributed by atoms with Crippen LogP contribution in [0.4, 0.5) is 26.3 Å². The molecular formula is C7H10F6. The highest BCUT2D eigenvalue weighted by atomic mass is 19.4. The maximum Gasteiger partial charge on any atom is 0.453 e. The van der Waals surface area contributed by atoms with E-state index in [0.29, 0.717) is 0 Å². The molecule has 0 saturated heterocycles. The second kappa shape index (κ2) is 4.19. The summed E-state index contributed by atoms with van der Waals surface area (Å²) in [6.45, 7) is 1.51. The fraction of sp³-hybridized carbons (Fsp3) is 1.00. The normalized spacial score (nSPS) is 15.9. The van der Waals surface area contributed by atoms with Crippen LogP contribution < -0.4 is 0 Å². The first kappa shape index (κ1) is 12.6. The Labute approximate surface area is 71.9 Å². The van der Waals surface area contributed by atoms with Gasteiger partial charge in [-0.2, -0.15) is 22.0 Å². The molecule has 0 amide bonds. The third-order valence-electron chi connectivity index (χ3n) is 1.49. The van der Waals surface area contributed by atoms with Gasteiger partial charge in [-0.1, -0.05) is 13.3 Å². The Morgan fingerprint density at radius 3 is 1.85 bits per heavy atom. The van der Waals surface area contributed by atoms with Gasteiger partial charge >= 0.3 is 12.1 Å². The first-order valence-corrected chi connectivity index (χ1v) is 3.79. The lowest BCUT2D eigenvalue weighted by atomic mass is 10.1. The molecule has 6 heteroatoms. The maximum absolute atomic E-state index is 12.4. The number of hydrogen-bond donors (Lipinski definition) is 0. The van der Waals surface area contributed by atoms with Crippen LogP contribution in [-0.2, 0) is 0 Å². The van der Waals surface area contributed by atoms with Crippen LogP contribution in [0.25, 0.3) is 0 Å². The lowest BCUT2D eigenvalue weighted by Gasteiger charge is -2.20. The van der Waals surface area contributed by atoms with Crippen LogP contribution in [0.5, 0.6) is 0 Å². The van der Waals surface area contributed by atoms with Gasteiger partial charge in [-0.3, -0.25) is 0 Å². The van der Waals surface area contributed by atoms with Crippen LogP contribution in [0, 0.1) is 0 Å². The molecule has 0 bridgehead atoms. The van der Waals surface area contributed by atoms with Crippen molar-refractivity contribution in [2.45, 2.75) is 44.5 Å². The van der Waals surface area contributed by atoms with Gasteiger partial charge in [0, 0.05) is 0 Å². The van der Waals surface area contributed by atoms with Gasteiger partial charge in [-0.25, -0.2) is 4.39 Å². The number of halogens is 6. The molecular weight excluding hydrogens is 198 g/mol. The van der Waals surface area contributed by atoms with E-state index in [1.54, 1.807) is 0 Å². The van der Waals surface area contributed by atoms with Crippen molar-refractivity contribution in [3.63, 3.8) is 0 Å². The zero-order valence-corrected chi connectivity index (χ0v) is 6.97. The molecule has 1 atom stereocenters. The van der Waals surface area contributed by atoms with Crippen molar-refractivity contribution in [1.29, 1.82) is 0 Å². The SMILES string of the molecule is CCC[C@H](F)CC(F)(F)C(F)(F)F. The highest BCUT2D eigenvalue weighted by molar-refractivity contribution is 4.79. The monoisotopic (exact) mass is 208 g/mol. The van der Waals surface area contributed by atoms with Gasteiger partial charge in [-0.05, 0) is 6.42 Å². The minimum atomic E-state index is -5.65. The maximum atomic E-state index is 12.4. The molecule has 0 rings (SSSR count). The Balaban J connectivity index is 4.17. The molecule has 0 aliphatic heterocycles. The number of rotatable bonds is 4. The molecule has 0 aromatic carbocycles. The molecule has 0 aliphatic rings. The van der Waals surface area contributed by atoms with E-state index >= 15 is 0 Å². The molecule has 0 aliphatic carbocycles. The quantitative estimate of drug-likeness (QED) is 0.618. The fourth-order valence-electron chi connectivity index (χ4n) is 0.809. The minimum absolute atomic E-state index is 0.245. The first-order valence-electron chi connectivity index (χ1n) is 3.79. The summed E-state index contributed by atoms with van der Waals surface area (Å²) in [7, 11) is 0. The van der Waals surface area contributed by atoms with E-state index in [0.717, 1.165) is 0 Å². The van der Waals surface area contributed by atoms with E-state index in [9.17, 15) is 26.3 Å². The first-order chi connectivity index (χ1) is 5.70. The highest BCUT2D eigenvalue weighted by Gasteiger charge is 2.58. The minimum Gasteiger partial charge on any atom is -0.247 e. The van der Waals surface area contributed by atoms with Crippen molar-refractivity contribution in [1.82, 2.24) is 0 Å². The van der Waals surface area contributed by atoms with Crippen LogP contribution in [-0.4, -0.2) is 18.3 Å². The summed E-state index contributed by atoms with van der Waals surface area (Å²) in [6.07, 6.45) is -9.54. The summed E-state index contributed by atoms with van der Waals surface area (Å²) in [6, 6.07) is 0. The molecule has 0 aromatic rings. The smallest absolute Gasteiger partial charge is 0.247 e. The standard InChI is InChI=1S/C7H10F6/c1-2-3-5(8)4-6(9,10)7(11,12)13/h5H,2-4H2,1H3/t5-/m0/s1. The summed E-state index contributed by atoms with van der Waals surface area (Å²) >= 11 is 0. The van der Waals surface area contributed by atoms with Crippen molar-refractivity contribution in [2.24, 2.45) is 0 Å². The van der Waals surface area contributed by atoms with E-state index in [1.807, 2.05) is 0 Å². The van der Waals surface area contributed by atoms with Gasteiger partial charge in [-0.15, -0.1) is 0 Å². The molecule has 0 nitrogen and oxygen atoms in total. The number of alkyl halides is 6. The van der Waals surface area contributed by atoms with Crippen molar-refractivity contribution in [3.8, 4) is 0 Å². The molecule has 0 saturated carbocycles. The van der Waals surface area contributed by atoms with E-state index in [4.69, 9.17) is 0 Å². The molecule has 0 heterocycles. The highest BCUT2D eigenvalue weighted by Crippen LogP contribution is 2.39. The lowest BCUT2D eigenvalue weighted by molar-refractivity contribution is -0.288. The van der Waals surface area contributed by atoms with E-state index in [1.165, 1.54) is 6.92 Å². The molecule has 13 heavy (non-hydrogen) atoms. The van der Waals surface area contributed by atoms with Gasteiger partial charge in [0.1, 0.15) is 6.17 Å². The second-order valence-electron chi connectivity index (χ2n) is 2.79. The van der Waals surface area contributed by atoms with Crippen molar-refractivity contribution >= 4 is 0 Å². The van der Waals surface area contributed by atoms with Gasteiger partial charge in [0.15, 0.2) is 0 Å². The second-order valence-corrected chi connectivity index (χ2v) is 2.79. The third-order valence-corrected chi connectivity index (χ3v) is 1.49. The van der Waals surface area contributed by atoms with Gasteiger partial charge in [0.05, 0.1) is 6.42 Å². The third kappa shape index (κ3) is 3.87. The van der Waals surface area contributed by atoms with Crippen LogP contribution >= 0.6 is 0 Å². The molecule has 0 unspecified atom stereocenters. The van der Waals surface area contributed by atoms with Crippen LogP contribution in [0.15, 0.2) is 0 Å². The van der Waals surface area contributed by atoms with Gasteiger partial charge < -0.3 is 0 Å². The van der Waals surface area contributed by atoms with E-state index in [2.05, 4.69) is 0 Å². The predicted molar refractivity (Wildman–Crippen MR) is 35.4 cm³/mol. The Hall–Kier alpha value is -0.420. The Morgan fingerprint density at radius 2 is 1.54 bits per heavy atom. The van der Waals surface area contributed by atoms with E-state index in [-0.39, 0.29) is 12.8 Å². The molecule has 0 spiro atoms. The predicted octanol–water partition coefficient (Wildman–Crippen LogP) is 3.71. The Morgan fingerprint density at radius 1 is 1.08 bits per heavy atom. The van der Waals surface area contributed by atoms with Gasteiger partial charge in [0.25, 0.3) is 0 Å². The molecule has 0 fully saturated rings. The van der Waals surface area contributed by atoms with Gasteiger partial charge in [0.2, 0.25) is 0 Å². The van der Waals surface area contributed by atoms with E-state index < -0.39 is 24.7 Å². The Kier molecular flexibility index (Phi) is 4.06. The largest absolute Gasteiger partial charge is 0.453 e. The average molecular weight is 208 g/mol.